The molecule has 0 saturated heterocycles. The van der Waals surface area contributed by atoms with Crippen molar-refractivity contribution in [1.82, 2.24) is 15.3 Å². The molecule has 0 radical (unpaired) electrons. The van der Waals surface area contributed by atoms with E-state index in [2.05, 4.69) is 15.3 Å². The predicted molar refractivity (Wildman–Crippen MR) is 56.3 cm³/mol. The molecule has 0 atom stereocenters. The van der Waals surface area contributed by atoms with Crippen molar-refractivity contribution in [2.45, 2.75) is 13.0 Å². The fraction of sp³-hybridized carbons (Fsp3) is 0.500. The summed E-state index contributed by atoms with van der Waals surface area (Å²) in [5.41, 5.74) is 0.827. The van der Waals surface area contributed by atoms with Crippen LogP contribution in [0, 0.1) is 0 Å². The van der Waals surface area contributed by atoms with Gasteiger partial charge in [-0.25, -0.2) is 13.6 Å². The van der Waals surface area contributed by atoms with Gasteiger partial charge in [0.15, 0.2) is 0 Å². The molecule has 1 rings (SSSR count). The zero-order valence-electron chi connectivity index (χ0n) is 8.26. The number of hydrogen-bond donors (Lipinski definition) is 2. The Balaban J connectivity index is 2.13. The Labute approximate surface area is 89.0 Å². The van der Waals surface area contributed by atoms with E-state index in [0.29, 0.717) is 19.5 Å². The van der Waals surface area contributed by atoms with E-state index in [1.807, 2.05) is 0 Å². The van der Waals surface area contributed by atoms with E-state index in [1.54, 1.807) is 18.6 Å². The van der Waals surface area contributed by atoms with E-state index in [0.717, 1.165) is 5.69 Å². The van der Waals surface area contributed by atoms with Crippen molar-refractivity contribution in [1.29, 1.82) is 0 Å². The van der Waals surface area contributed by atoms with Crippen LogP contribution in [0.25, 0.3) is 0 Å². The monoisotopic (exact) mass is 230 g/mol. The second-order valence-corrected chi connectivity index (χ2v) is 4.83. The first-order valence-electron chi connectivity index (χ1n) is 4.54. The van der Waals surface area contributed by atoms with Crippen molar-refractivity contribution in [3.05, 3.63) is 24.3 Å². The third-order valence-electron chi connectivity index (χ3n) is 1.71. The molecule has 0 saturated carbocycles. The summed E-state index contributed by atoms with van der Waals surface area (Å²) in [7, 11) is -3.34. The van der Waals surface area contributed by atoms with Crippen LogP contribution in [0.5, 0.6) is 0 Å². The molecular weight excluding hydrogens is 216 g/mol. The second-order valence-electron chi connectivity index (χ2n) is 3.09. The zero-order chi connectivity index (χ0) is 11.1. The van der Waals surface area contributed by atoms with Crippen molar-refractivity contribution in [2.75, 3.05) is 12.3 Å². The summed E-state index contributed by atoms with van der Waals surface area (Å²) in [6.45, 7) is 1.17. The molecule has 84 valence electrons. The third kappa shape index (κ3) is 6.10. The van der Waals surface area contributed by atoms with Gasteiger partial charge in [0.2, 0.25) is 10.0 Å². The van der Waals surface area contributed by atoms with Crippen LogP contribution < -0.4 is 10.5 Å². The van der Waals surface area contributed by atoms with Crippen LogP contribution in [-0.2, 0) is 16.6 Å². The van der Waals surface area contributed by atoms with E-state index in [4.69, 9.17) is 5.14 Å². The van der Waals surface area contributed by atoms with Gasteiger partial charge >= 0.3 is 0 Å². The molecule has 3 N–H and O–H groups in total. The molecule has 0 aromatic carbocycles. The molecule has 0 unspecified atom stereocenters. The standard InChI is InChI=1S/C8H14N4O2S/c9-15(13,14)5-1-2-10-6-8-7-11-3-4-12-8/h3-4,7,10H,1-2,5-6H2,(H2,9,13,14). The predicted octanol–water partition coefficient (Wildman–Crippen LogP) is -0.755. The lowest BCUT2D eigenvalue weighted by Gasteiger charge is -2.02. The van der Waals surface area contributed by atoms with E-state index >= 15 is 0 Å². The average Bonchev–Trinajstić information content (AvgIpc) is 2.17. The van der Waals surface area contributed by atoms with E-state index in [9.17, 15) is 8.42 Å². The lowest BCUT2D eigenvalue weighted by molar-refractivity contribution is 0.589. The molecule has 6 nitrogen and oxygen atoms in total. The minimum absolute atomic E-state index is 0.000465. The Kier molecular flexibility index (Phi) is 4.60. The number of primary sulfonamides is 1. The lowest BCUT2D eigenvalue weighted by Crippen LogP contribution is -2.22. The summed E-state index contributed by atoms with van der Waals surface area (Å²) < 4.78 is 21.2. The van der Waals surface area contributed by atoms with Crippen molar-refractivity contribution in [2.24, 2.45) is 5.14 Å². The van der Waals surface area contributed by atoms with Gasteiger partial charge in [-0.05, 0) is 13.0 Å². The number of sulfonamides is 1. The Morgan fingerprint density at radius 3 is 2.80 bits per heavy atom. The van der Waals surface area contributed by atoms with Crippen LogP contribution in [0.2, 0.25) is 0 Å². The molecule has 0 aliphatic rings. The Hall–Kier alpha value is -1.05. The largest absolute Gasteiger partial charge is 0.311 e. The first-order chi connectivity index (χ1) is 7.08. The normalized spacial score (nSPS) is 11.5. The van der Waals surface area contributed by atoms with Gasteiger partial charge in [0.1, 0.15) is 0 Å². The summed E-state index contributed by atoms with van der Waals surface area (Å²) in [6.07, 6.45) is 5.37. The topological polar surface area (TPSA) is 98.0 Å². The Morgan fingerprint density at radius 2 is 2.20 bits per heavy atom. The third-order valence-corrected chi connectivity index (χ3v) is 2.56. The number of rotatable bonds is 6. The number of nitrogens with two attached hydrogens (primary N) is 1. The summed E-state index contributed by atoms with van der Waals surface area (Å²) in [6, 6.07) is 0. The van der Waals surface area contributed by atoms with Crippen molar-refractivity contribution < 1.29 is 8.42 Å². The summed E-state index contributed by atoms with van der Waals surface area (Å²) in [4.78, 5) is 7.96. The highest BCUT2D eigenvalue weighted by Crippen LogP contribution is 1.89. The van der Waals surface area contributed by atoms with Crippen molar-refractivity contribution in [3.8, 4) is 0 Å². The fourth-order valence-electron chi connectivity index (χ4n) is 1.04. The van der Waals surface area contributed by atoms with Gasteiger partial charge in [-0.15, -0.1) is 0 Å². The number of nitrogens with zero attached hydrogens (tertiary/aromatic N) is 2. The van der Waals surface area contributed by atoms with Crippen LogP contribution in [0.1, 0.15) is 12.1 Å². The Morgan fingerprint density at radius 1 is 1.40 bits per heavy atom. The maximum atomic E-state index is 10.6. The molecule has 0 amide bonds. The highest BCUT2D eigenvalue weighted by molar-refractivity contribution is 7.89. The highest BCUT2D eigenvalue weighted by Gasteiger charge is 2.01. The lowest BCUT2D eigenvalue weighted by atomic mass is 10.4. The first kappa shape index (κ1) is 12.0. The number of aromatic nitrogens is 2. The van der Waals surface area contributed by atoms with Gasteiger partial charge in [-0.3, -0.25) is 9.97 Å². The van der Waals surface area contributed by atoms with Gasteiger partial charge in [0.25, 0.3) is 0 Å². The van der Waals surface area contributed by atoms with Crippen LogP contribution >= 0.6 is 0 Å². The maximum absolute atomic E-state index is 10.6. The SMILES string of the molecule is NS(=O)(=O)CCCNCc1cnccn1. The molecule has 0 aliphatic heterocycles. The molecule has 7 heteroatoms. The zero-order valence-corrected chi connectivity index (χ0v) is 9.07. The van der Waals surface area contributed by atoms with Crippen LogP contribution in [0.4, 0.5) is 0 Å². The number of hydrogen-bond acceptors (Lipinski definition) is 5. The quantitative estimate of drug-likeness (QED) is 0.626. The minimum Gasteiger partial charge on any atom is -0.311 e. The Bertz CT molecular complexity index is 379. The molecule has 1 aromatic heterocycles. The summed E-state index contributed by atoms with van der Waals surface area (Å²) in [5, 5.41) is 7.90. The highest BCUT2D eigenvalue weighted by atomic mass is 32.2. The van der Waals surface area contributed by atoms with Crippen molar-refractivity contribution >= 4 is 10.0 Å². The van der Waals surface area contributed by atoms with Gasteiger partial charge in [-0.1, -0.05) is 0 Å². The van der Waals surface area contributed by atoms with Gasteiger partial charge in [0, 0.05) is 25.1 Å². The van der Waals surface area contributed by atoms with Gasteiger partial charge < -0.3 is 5.32 Å². The molecule has 0 fully saturated rings. The fourth-order valence-corrected chi connectivity index (χ4v) is 1.58. The van der Waals surface area contributed by atoms with E-state index in [-0.39, 0.29) is 5.75 Å². The summed E-state index contributed by atoms with van der Waals surface area (Å²) in [5.74, 6) is 0.000465. The molecule has 15 heavy (non-hydrogen) atoms. The first-order valence-corrected chi connectivity index (χ1v) is 6.25. The van der Waals surface area contributed by atoms with Crippen molar-refractivity contribution in [3.63, 3.8) is 0 Å². The summed E-state index contributed by atoms with van der Waals surface area (Å²) >= 11 is 0. The van der Waals surface area contributed by atoms with E-state index < -0.39 is 10.0 Å². The average molecular weight is 230 g/mol. The molecule has 0 aliphatic carbocycles. The maximum Gasteiger partial charge on any atom is 0.209 e. The minimum atomic E-state index is -3.34. The number of nitrogens with one attached hydrogen (secondary N) is 1. The van der Waals surface area contributed by atoms with Crippen LogP contribution in [0.3, 0.4) is 0 Å². The second kappa shape index (κ2) is 5.74. The molecule has 0 spiro atoms. The smallest absolute Gasteiger partial charge is 0.209 e. The molecule has 1 aromatic rings. The van der Waals surface area contributed by atoms with E-state index in [1.165, 1.54) is 0 Å². The van der Waals surface area contributed by atoms with Crippen LogP contribution in [0.15, 0.2) is 18.6 Å². The molecular formula is C8H14N4O2S. The molecule has 0 bridgehead atoms. The molecule has 1 heterocycles. The van der Waals surface area contributed by atoms with Gasteiger partial charge in [0.05, 0.1) is 11.4 Å². The van der Waals surface area contributed by atoms with Crippen LogP contribution in [-0.4, -0.2) is 30.7 Å². The van der Waals surface area contributed by atoms with Gasteiger partial charge in [-0.2, -0.15) is 0 Å².